The highest BCUT2D eigenvalue weighted by atomic mass is 16.5. The quantitative estimate of drug-likeness (QED) is 0.464. The van der Waals surface area contributed by atoms with Crippen molar-refractivity contribution in [2.24, 2.45) is 11.1 Å². The van der Waals surface area contributed by atoms with Crippen molar-refractivity contribution in [3.8, 4) is 5.75 Å². The van der Waals surface area contributed by atoms with Crippen LogP contribution in [0, 0.1) is 5.92 Å². The molecule has 0 heterocycles. The first-order chi connectivity index (χ1) is 8.35. The Bertz CT molecular complexity index is 397. The number of hydrogen-bond donors (Lipinski definition) is 1. The molecule has 17 heavy (non-hydrogen) atoms. The van der Waals surface area contributed by atoms with Crippen molar-refractivity contribution in [2.75, 3.05) is 6.61 Å². The van der Waals surface area contributed by atoms with E-state index in [9.17, 15) is 0 Å². The van der Waals surface area contributed by atoms with Crippen LogP contribution < -0.4 is 4.74 Å². The smallest absolute Gasteiger partial charge is 0.128 e. The molecule has 0 amide bonds. The Morgan fingerprint density at radius 2 is 2.18 bits per heavy atom. The molecule has 0 aliphatic heterocycles. The molecule has 0 saturated heterocycles. The largest absolute Gasteiger partial charge is 0.493 e. The van der Waals surface area contributed by atoms with Gasteiger partial charge in [0.2, 0.25) is 0 Å². The maximum absolute atomic E-state index is 8.96. The van der Waals surface area contributed by atoms with Gasteiger partial charge >= 0.3 is 0 Å². The molecule has 3 nitrogen and oxygen atoms in total. The third-order valence-electron chi connectivity index (χ3n) is 3.13. The average molecular weight is 233 g/mol. The topological polar surface area (TPSA) is 41.8 Å². The second kappa shape index (κ2) is 5.71. The highest BCUT2D eigenvalue weighted by molar-refractivity contribution is 6.02. The fraction of sp³-hybridized carbons (Fsp3) is 0.500. The SMILES string of the molecule is CCC(=NO)c1ccccc1OCCC1CC1. The van der Waals surface area contributed by atoms with Gasteiger partial charge in [-0.1, -0.05) is 37.1 Å². The third-order valence-corrected chi connectivity index (χ3v) is 3.13. The molecule has 1 aromatic rings. The highest BCUT2D eigenvalue weighted by Gasteiger charge is 2.21. The summed E-state index contributed by atoms with van der Waals surface area (Å²) in [6.45, 7) is 2.72. The fourth-order valence-corrected chi connectivity index (χ4v) is 1.89. The summed E-state index contributed by atoms with van der Waals surface area (Å²) in [5.41, 5.74) is 1.57. The van der Waals surface area contributed by atoms with E-state index in [0.717, 1.165) is 30.3 Å². The first-order valence-corrected chi connectivity index (χ1v) is 6.28. The van der Waals surface area contributed by atoms with E-state index in [0.29, 0.717) is 12.1 Å². The minimum Gasteiger partial charge on any atom is -0.493 e. The van der Waals surface area contributed by atoms with Crippen LogP contribution in [-0.2, 0) is 0 Å². The molecule has 0 aromatic heterocycles. The number of hydrogen-bond acceptors (Lipinski definition) is 3. The highest BCUT2D eigenvalue weighted by Crippen LogP contribution is 2.32. The molecule has 1 aromatic carbocycles. The Labute approximate surface area is 102 Å². The lowest BCUT2D eigenvalue weighted by Gasteiger charge is -2.11. The molecule has 0 atom stereocenters. The number of nitrogens with zero attached hydrogens (tertiary/aromatic N) is 1. The van der Waals surface area contributed by atoms with E-state index in [2.05, 4.69) is 5.16 Å². The summed E-state index contributed by atoms with van der Waals surface area (Å²) in [6.07, 6.45) is 4.53. The van der Waals surface area contributed by atoms with Gasteiger partial charge in [-0.15, -0.1) is 0 Å². The minimum atomic E-state index is 0.673. The lowest BCUT2D eigenvalue weighted by molar-refractivity contribution is 0.300. The molecule has 1 saturated carbocycles. The molecule has 1 aliphatic carbocycles. The minimum absolute atomic E-state index is 0.673. The molecule has 92 valence electrons. The average Bonchev–Trinajstić information content (AvgIpc) is 3.17. The molecule has 0 spiro atoms. The second-order valence-electron chi connectivity index (χ2n) is 4.48. The predicted octanol–water partition coefficient (Wildman–Crippen LogP) is 3.45. The lowest BCUT2D eigenvalue weighted by Crippen LogP contribution is -2.05. The molecular weight excluding hydrogens is 214 g/mol. The van der Waals surface area contributed by atoms with Gasteiger partial charge in [0.25, 0.3) is 0 Å². The van der Waals surface area contributed by atoms with Crippen molar-refractivity contribution in [3.05, 3.63) is 29.8 Å². The molecule has 1 fully saturated rings. The molecule has 0 bridgehead atoms. The number of ether oxygens (including phenoxy) is 1. The number of para-hydroxylation sites is 1. The van der Waals surface area contributed by atoms with Crippen LogP contribution in [0.3, 0.4) is 0 Å². The van der Waals surface area contributed by atoms with E-state index in [4.69, 9.17) is 9.94 Å². The van der Waals surface area contributed by atoms with Crippen molar-refractivity contribution in [2.45, 2.75) is 32.6 Å². The zero-order valence-electron chi connectivity index (χ0n) is 10.2. The van der Waals surface area contributed by atoms with E-state index < -0.39 is 0 Å². The summed E-state index contributed by atoms with van der Waals surface area (Å²) in [5.74, 6) is 1.70. The Morgan fingerprint density at radius 3 is 2.82 bits per heavy atom. The van der Waals surface area contributed by atoms with Crippen molar-refractivity contribution in [1.29, 1.82) is 0 Å². The van der Waals surface area contributed by atoms with Crippen LogP contribution in [0.4, 0.5) is 0 Å². The van der Waals surface area contributed by atoms with Gasteiger partial charge in [0.05, 0.1) is 12.3 Å². The van der Waals surface area contributed by atoms with Crippen LogP contribution in [0.15, 0.2) is 29.4 Å². The zero-order valence-corrected chi connectivity index (χ0v) is 10.2. The first-order valence-electron chi connectivity index (χ1n) is 6.28. The van der Waals surface area contributed by atoms with Crippen LogP contribution in [0.2, 0.25) is 0 Å². The van der Waals surface area contributed by atoms with Gasteiger partial charge < -0.3 is 9.94 Å². The molecule has 1 N–H and O–H groups in total. The maximum Gasteiger partial charge on any atom is 0.128 e. The summed E-state index contributed by atoms with van der Waals surface area (Å²) in [6, 6.07) is 7.75. The summed E-state index contributed by atoms with van der Waals surface area (Å²) in [7, 11) is 0. The van der Waals surface area contributed by atoms with Crippen molar-refractivity contribution in [3.63, 3.8) is 0 Å². The van der Waals surface area contributed by atoms with E-state index >= 15 is 0 Å². The van der Waals surface area contributed by atoms with Crippen molar-refractivity contribution >= 4 is 5.71 Å². The molecule has 0 radical (unpaired) electrons. The van der Waals surface area contributed by atoms with Crippen LogP contribution in [0.5, 0.6) is 5.75 Å². The van der Waals surface area contributed by atoms with E-state index in [1.165, 1.54) is 12.8 Å². The lowest BCUT2D eigenvalue weighted by atomic mass is 10.1. The summed E-state index contributed by atoms with van der Waals surface area (Å²) < 4.78 is 5.78. The molecule has 0 unspecified atom stereocenters. The summed E-state index contributed by atoms with van der Waals surface area (Å²) >= 11 is 0. The van der Waals surface area contributed by atoms with E-state index in [1.54, 1.807) is 0 Å². The van der Waals surface area contributed by atoms with Gasteiger partial charge in [-0.2, -0.15) is 0 Å². The van der Waals surface area contributed by atoms with Gasteiger partial charge in [0.15, 0.2) is 0 Å². The van der Waals surface area contributed by atoms with Gasteiger partial charge in [-0.25, -0.2) is 0 Å². The Kier molecular flexibility index (Phi) is 4.02. The standard InChI is InChI=1S/C14H19NO2/c1-2-13(15-16)12-5-3-4-6-14(12)17-10-9-11-7-8-11/h3-6,11,16H,2,7-10H2,1H3. The van der Waals surface area contributed by atoms with E-state index in [1.807, 2.05) is 31.2 Å². The van der Waals surface area contributed by atoms with E-state index in [-0.39, 0.29) is 0 Å². The second-order valence-corrected chi connectivity index (χ2v) is 4.48. The van der Waals surface area contributed by atoms with Gasteiger partial charge in [0, 0.05) is 5.56 Å². The molecule has 2 rings (SSSR count). The molecular formula is C14H19NO2. The third kappa shape index (κ3) is 3.22. The van der Waals surface area contributed by atoms with Crippen LogP contribution >= 0.6 is 0 Å². The molecule has 1 aliphatic rings. The Balaban J connectivity index is 2.03. The monoisotopic (exact) mass is 233 g/mol. The first kappa shape index (κ1) is 12.0. The number of benzene rings is 1. The number of oxime groups is 1. The Hall–Kier alpha value is -1.51. The fourth-order valence-electron chi connectivity index (χ4n) is 1.89. The van der Waals surface area contributed by atoms with Gasteiger partial charge in [-0.05, 0) is 30.9 Å². The zero-order chi connectivity index (χ0) is 12.1. The van der Waals surface area contributed by atoms with Crippen molar-refractivity contribution < 1.29 is 9.94 Å². The van der Waals surface area contributed by atoms with Crippen molar-refractivity contribution in [1.82, 2.24) is 0 Å². The Morgan fingerprint density at radius 1 is 1.41 bits per heavy atom. The van der Waals surface area contributed by atoms with Crippen LogP contribution in [0.1, 0.15) is 38.2 Å². The summed E-state index contributed by atoms with van der Waals surface area (Å²) in [4.78, 5) is 0. The van der Waals surface area contributed by atoms with Crippen LogP contribution in [-0.4, -0.2) is 17.5 Å². The molecule has 3 heteroatoms. The normalized spacial score (nSPS) is 15.9. The van der Waals surface area contributed by atoms with Crippen LogP contribution in [0.25, 0.3) is 0 Å². The number of rotatable bonds is 6. The predicted molar refractivity (Wildman–Crippen MR) is 67.9 cm³/mol. The summed E-state index contributed by atoms with van der Waals surface area (Å²) in [5, 5.41) is 12.3. The maximum atomic E-state index is 8.96. The van der Waals surface area contributed by atoms with Gasteiger partial charge in [-0.3, -0.25) is 0 Å². The van der Waals surface area contributed by atoms with Gasteiger partial charge in [0.1, 0.15) is 5.75 Å².